The van der Waals surface area contributed by atoms with Gasteiger partial charge in [0.2, 0.25) is 11.8 Å². The van der Waals surface area contributed by atoms with Gasteiger partial charge in [0, 0.05) is 39.3 Å². The fourth-order valence-electron chi connectivity index (χ4n) is 2.72. The molecule has 0 amide bonds. The molecule has 1 N–H and O–H groups in total. The van der Waals surface area contributed by atoms with Crippen molar-refractivity contribution in [2.45, 2.75) is 20.8 Å². The summed E-state index contributed by atoms with van der Waals surface area (Å²) < 4.78 is 11.7. The number of halogens is 1. The van der Waals surface area contributed by atoms with E-state index in [4.69, 9.17) is 14.5 Å². The third-order valence-electron chi connectivity index (χ3n) is 4.04. The molecule has 0 radical (unpaired) electrons. The maximum absolute atomic E-state index is 5.62. The molecule has 27 heavy (non-hydrogen) atoms. The lowest BCUT2D eigenvalue weighted by Gasteiger charge is -2.36. The summed E-state index contributed by atoms with van der Waals surface area (Å²) in [5, 5.41) is 3.38. The highest BCUT2D eigenvalue weighted by atomic mass is 79.9. The Kier molecular flexibility index (Phi) is 9.06. The summed E-state index contributed by atoms with van der Waals surface area (Å²) in [6.45, 7) is 12.7. The van der Waals surface area contributed by atoms with Crippen molar-refractivity contribution in [2.75, 3.05) is 64.5 Å². The number of anilines is 1. The number of rotatable bonds is 8. The topological polar surface area (TPSA) is 75.1 Å². The van der Waals surface area contributed by atoms with Gasteiger partial charge in [-0.3, -0.25) is 4.99 Å². The van der Waals surface area contributed by atoms with Gasteiger partial charge >= 0.3 is 0 Å². The standard InChI is InChI=1S/C18H31BrN6O2/c1-5-20-17(21-6-11-27-13-14(2)3)24-7-9-25(10-8-24)18-22-12-15(19)16(23-18)26-4/h12,14H,5-11,13H2,1-4H3,(H,20,21). The lowest BCUT2D eigenvalue weighted by atomic mass is 10.2. The second-order valence-corrected chi connectivity index (χ2v) is 7.56. The van der Waals surface area contributed by atoms with Crippen LogP contribution in [0.25, 0.3) is 0 Å². The average molecular weight is 443 g/mol. The van der Waals surface area contributed by atoms with Crippen molar-refractivity contribution >= 4 is 27.8 Å². The zero-order chi connectivity index (χ0) is 19.6. The minimum Gasteiger partial charge on any atom is -0.480 e. The Morgan fingerprint density at radius 2 is 2.07 bits per heavy atom. The van der Waals surface area contributed by atoms with E-state index in [0.29, 0.717) is 30.9 Å². The number of aromatic nitrogens is 2. The minimum atomic E-state index is 0.551. The monoisotopic (exact) mass is 442 g/mol. The number of ether oxygens (including phenoxy) is 2. The van der Waals surface area contributed by atoms with E-state index >= 15 is 0 Å². The third-order valence-corrected chi connectivity index (χ3v) is 4.58. The van der Waals surface area contributed by atoms with E-state index in [0.717, 1.165) is 49.8 Å². The SMILES string of the molecule is CCNC(=NCCOCC(C)C)N1CCN(c2ncc(Br)c(OC)n2)CC1. The van der Waals surface area contributed by atoms with Gasteiger partial charge in [-0.05, 0) is 28.8 Å². The minimum absolute atomic E-state index is 0.551. The Bertz CT molecular complexity index is 606. The third kappa shape index (κ3) is 6.80. The van der Waals surface area contributed by atoms with Crippen LogP contribution in [0.2, 0.25) is 0 Å². The number of aliphatic imine (C=N–C) groups is 1. The summed E-state index contributed by atoms with van der Waals surface area (Å²) in [7, 11) is 1.61. The van der Waals surface area contributed by atoms with Crippen LogP contribution in [0.15, 0.2) is 15.7 Å². The van der Waals surface area contributed by atoms with Gasteiger partial charge in [-0.15, -0.1) is 0 Å². The van der Waals surface area contributed by atoms with Crippen LogP contribution in [0.4, 0.5) is 5.95 Å². The van der Waals surface area contributed by atoms with Crippen LogP contribution in [-0.2, 0) is 4.74 Å². The fraction of sp³-hybridized carbons (Fsp3) is 0.722. The lowest BCUT2D eigenvalue weighted by Crippen LogP contribution is -2.53. The van der Waals surface area contributed by atoms with Gasteiger partial charge in [0.25, 0.3) is 0 Å². The number of hydrogen-bond acceptors (Lipinski definition) is 6. The molecule has 0 aromatic carbocycles. The quantitative estimate of drug-likeness (QED) is 0.374. The molecule has 1 aliphatic rings. The molecule has 1 fully saturated rings. The van der Waals surface area contributed by atoms with E-state index in [1.807, 2.05) is 0 Å². The second kappa shape index (κ2) is 11.3. The summed E-state index contributed by atoms with van der Waals surface area (Å²) in [5.41, 5.74) is 0. The van der Waals surface area contributed by atoms with Crippen LogP contribution < -0.4 is 15.0 Å². The van der Waals surface area contributed by atoms with Crippen LogP contribution in [0, 0.1) is 5.92 Å². The van der Waals surface area contributed by atoms with Crippen molar-refractivity contribution < 1.29 is 9.47 Å². The van der Waals surface area contributed by atoms with Crippen LogP contribution in [0.1, 0.15) is 20.8 Å². The molecule has 0 spiro atoms. The summed E-state index contributed by atoms with van der Waals surface area (Å²) in [6.07, 6.45) is 1.73. The predicted octanol–water partition coefficient (Wildman–Crippen LogP) is 2.01. The van der Waals surface area contributed by atoms with E-state index in [1.165, 1.54) is 0 Å². The van der Waals surface area contributed by atoms with Gasteiger partial charge in [-0.2, -0.15) is 4.98 Å². The molecule has 0 atom stereocenters. The van der Waals surface area contributed by atoms with Crippen molar-refractivity contribution in [3.63, 3.8) is 0 Å². The van der Waals surface area contributed by atoms with Crippen LogP contribution in [0.3, 0.4) is 0 Å². The average Bonchev–Trinajstić information content (AvgIpc) is 2.67. The van der Waals surface area contributed by atoms with Gasteiger partial charge in [0.05, 0.1) is 30.9 Å². The molecule has 8 nitrogen and oxygen atoms in total. The predicted molar refractivity (Wildman–Crippen MR) is 112 cm³/mol. The first kappa shape index (κ1) is 21.7. The van der Waals surface area contributed by atoms with E-state index in [1.54, 1.807) is 13.3 Å². The molecule has 152 valence electrons. The molecule has 0 bridgehead atoms. The molecular weight excluding hydrogens is 412 g/mol. The van der Waals surface area contributed by atoms with Gasteiger partial charge < -0.3 is 24.6 Å². The fourth-order valence-corrected chi connectivity index (χ4v) is 3.07. The number of guanidine groups is 1. The first-order chi connectivity index (χ1) is 13.0. The number of nitrogens with one attached hydrogen (secondary N) is 1. The Morgan fingerprint density at radius 1 is 1.33 bits per heavy atom. The highest BCUT2D eigenvalue weighted by molar-refractivity contribution is 9.10. The zero-order valence-electron chi connectivity index (χ0n) is 16.7. The summed E-state index contributed by atoms with van der Waals surface area (Å²) >= 11 is 3.39. The summed E-state index contributed by atoms with van der Waals surface area (Å²) in [4.78, 5) is 18.0. The molecule has 2 heterocycles. The van der Waals surface area contributed by atoms with Crippen molar-refractivity contribution in [3.8, 4) is 5.88 Å². The van der Waals surface area contributed by atoms with Crippen molar-refractivity contribution in [3.05, 3.63) is 10.7 Å². The smallest absolute Gasteiger partial charge is 0.232 e. The molecule has 0 saturated carbocycles. The molecular formula is C18H31BrN6O2. The Labute approximate surface area is 170 Å². The van der Waals surface area contributed by atoms with E-state index in [-0.39, 0.29) is 0 Å². The number of nitrogens with zero attached hydrogens (tertiary/aromatic N) is 5. The second-order valence-electron chi connectivity index (χ2n) is 6.71. The number of methoxy groups -OCH3 is 1. The van der Waals surface area contributed by atoms with Crippen LogP contribution in [-0.4, -0.2) is 80.4 Å². The zero-order valence-corrected chi connectivity index (χ0v) is 18.3. The van der Waals surface area contributed by atoms with Crippen molar-refractivity contribution in [1.82, 2.24) is 20.2 Å². The van der Waals surface area contributed by atoms with E-state index in [9.17, 15) is 0 Å². The number of piperazine rings is 1. The molecule has 1 aromatic rings. The first-order valence-electron chi connectivity index (χ1n) is 9.47. The van der Waals surface area contributed by atoms with Gasteiger partial charge in [-0.25, -0.2) is 4.98 Å². The van der Waals surface area contributed by atoms with Gasteiger partial charge in [0.15, 0.2) is 5.96 Å². The molecule has 1 aromatic heterocycles. The Hall–Kier alpha value is -1.61. The molecule has 0 aliphatic carbocycles. The van der Waals surface area contributed by atoms with Gasteiger partial charge in [0.1, 0.15) is 0 Å². The maximum Gasteiger partial charge on any atom is 0.232 e. The molecule has 2 rings (SSSR count). The summed E-state index contributed by atoms with van der Waals surface area (Å²) in [5.74, 6) is 2.74. The lowest BCUT2D eigenvalue weighted by molar-refractivity contribution is 0.116. The Balaban J connectivity index is 1.89. The Morgan fingerprint density at radius 3 is 2.70 bits per heavy atom. The van der Waals surface area contributed by atoms with E-state index in [2.05, 4.69) is 61.8 Å². The highest BCUT2D eigenvalue weighted by Crippen LogP contribution is 2.23. The van der Waals surface area contributed by atoms with Crippen molar-refractivity contribution in [2.24, 2.45) is 10.9 Å². The normalized spacial score (nSPS) is 15.4. The molecule has 9 heteroatoms. The van der Waals surface area contributed by atoms with E-state index < -0.39 is 0 Å². The molecule has 0 unspecified atom stereocenters. The van der Waals surface area contributed by atoms with Gasteiger partial charge in [-0.1, -0.05) is 13.8 Å². The summed E-state index contributed by atoms with van der Waals surface area (Å²) in [6, 6.07) is 0. The van der Waals surface area contributed by atoms with Crippen LogP contribution in [0.5, 0.6) is 5.88 Å². The molecule has 1 aliphatic heterocycles. The van der Waals surface area contributed by atoms with Crippen molar-refractivity contribution in [1.29, 1.82) is 0 Å². The molecule has 1 saturated heterocycles. The highest BCUT2D eigenvalue weighted by Gasteiger charge is 2.22. The first-order valence-corrected chi connectivity index (χ1v) is 10.3. The number of hydrogen-bond donors (Lipinski definition) is 1. The largest absolute Gasteiger partial charge is 0.480 e. The maximum atomic E-state index is 5.62. The van der Waals surface area contributed by atoms with Crippen LogP contribution >= 0.6 is 15.9 Å².